The molecule has 4 aromatic rings. The number of halogens is 1. The molecule has 27 heavy (non-hydrogen) atoms. The first kappa shape index (κ1) is 17.5. The Labute approximate surface area is 161 Å². The summed E-state index contributed by atoms with van der Waals surface area (Å²) in [7, 11) is 2.03. The largest absolute Gasteiger partial charge is 0.324 e. The lowest BCUT2D eigenvalue weighted by molar-refractivity contribution is -0.617. The number of aromatic nitrogens is 1. The van der Waals surface area contributed by atoms with E-state index in [9.17, 15) is 4.39 Å². The van der Waals surface area contributed by atoms with Crippen molar-refractivity contribution in [2.45, 2.75) is 6.61 Å². The van der Waals surface area contributed by atoms with Crippen molar-refractivity contribution in [1.82, 2.24) is 0 Å². The fraction of sp³-hybridized carbons (Fsp3) is 0.0909. The van der Waals surface area contributed by atoms with Gasteiger partial charge in [0.2, 0.25) is 16.1 Å². The fourth-order valence-corrected chi connectivity index (χ4v) is 3.49. The molecule has 0 unspecified atom stereocenters. The molecule has 0 aliphatic heterocycles. The van der Waals surface area contributed by atoms with Crippen molar-refractivity contribution in [2.24, 2.45) is 7.05 Å². The summed E-state index contributed by atoms with van der Waals surface area (Å²) in [5.74, 6) is -0.287. The van der Waals surface area contributed by atoms with E-state index in [2.05, 4.69) is 4.57 Å². The van der Waals surface area contributed by atoms with Gasteiger partial charge in [-0.1, -0.05) is 36.4 Å². The van der Waals surface area contributed by atoms with Gasteiger partial charge in [0.25, 0.3) is 0 Å². The van der Waals surface area contributed by atoms with Crippen LogP contribution in [0.3, 0.4) is 0 Å². The van der Waals surface area contributed by atoms with Crippen LogP contribution in [0.5, 0.6) is 0 Å². The molecule has 0 spiro atoms. The summed E-state index contributed by atoms with van der Waals surface area (Å²) in [5, 5.41) is 2.26. The second-order valence-electron chi connectivity index (χ2n) is 6.23. The molecule has 1 aromatic heterocycles. The molecule has 0 aliphatic rings. The molecule has 0 amide bonds. The maximum absolute atomic E-state index is 13.0. The number of nitrogens with zero attached hydrogens (tertiary/aromatic N) is 1. The van der Waals surface area contributed by atoms with Crippen molar-refractivity contribution >= 4 is 39.1 Å². The van der Waals surface area contributed by atoms with Crippen molar-refractivity contribution in [3.63, 3.8) is 0 Å². The van der Waals surface area contributed by atoms with Crippen LogP contribution in [0, 0.1) is 5.82 Å². The molecule has 0 bridgehead atoms. The van der Waals surface area contributed by atoms with Crippen LogP contribution in [0.1, 0.15) is 11.1 Å². The topological polar surface area (TPSA) is 22.3 Å². The molecule has 0 N–H and O–H groups in total. The Morgan fingerprint density at radius 2 is 1.44 bits per heavy atom. The molecular formula is C22H17FNO2S+. The van der Waals surface area contributed by atoms with Crippen molar-refractivity contribution in [3.8, 4) is 0 Å². The minimum Gasteiger partial charge on any atom is -0.324 e. The summed E-state index contributed by atoms with van der Waals surface area (Å²) < 4.78 is 15.1. The smallest absolute Gasteiger partial charge is 0.237 e. The Morgan fingerprint density at radius 3 is 2.04 bits per heavy atom. The van der Waals surface area contributed by atoms with Crippen molar-refractivity contribution < 1.29 is 18.7 Å². The first-order valence-corrected chi connectivity index (χ1v) is 8.93. The van der Waals surface area contributed by atoms with Gasteiger partial charge in [-0.2, -0.15) is 9.45 Å². The third-order valence-corrected chi connectivity index (χ3v) is 4.82. The van der Waals surface area contributed by atoms with Crippen molar-refractivity contribution in [2.75, 3.05) is 0 Å². The number of pyridine rings is 1. The molecular weight excluding hydrogens is 361 g/mol. The van der Waals surface area contributed by atoms with E-state index in [0.717, 1.165) is 32.9 Å². The van der Waals surface area contributed by atoms with E-state index in [4.69, 9.17) is 22.0 Å². The van der Waals surface area contributed by atoms with Gasteiger partial charge in [-0.15, -0.1) is 0 Å². The third kappa shape index (κ3) is 3.39. The number of thiocarbonyl (C=S) groups is 1. The molecule has 0 saturated heterocycles. The van der Waals surface area contributed by atoms with E-state index in [1.165, 1.54) is 12.1 Å². The van der Waals surface area contributed by atoms with Gasteiger partial charge in [0, 0.05) is 12.1 Å². The van der Waals surface area contributed by atoms with Crippen LogP contribution in [0.2, 0.25) is 0 Å². The van der Waals surface area contributed by atoms with Crippen molar-refractivity contribution in [1.29, 1.82) is 0 Å². The van der Waals surface area contributed by atoms with Gasteiger partial charge >= 0.3 is 0 Å². The number of aryl methyl sites for hydroxylation is 1. The van der Waals surface area contributed by atoms with Crippen molar-refractivity contribution in [3.05, 3.63) is 89.7 Å². The second-order valence-corrected chi connectivity index (χ2v) is 6.60. The van der Waals surface area contributed by atoms with Crippen LogP contribution >= 0.6 is 12.2 Å². The Bertz CT molecular complexity index is 1090. The Morgan fingerprint density at radius 1 is 0.889 bits per heavy atom. The fourth-order valence-electron chi connectivity index (χ4n) is 3.22. The molecule has 0 atom stereocenters. The van der Waals surface area contributed by atoms with Crippen LogP contribution in [-0.2, 0) is 23.4 Å². The minimum absolute atomic E-state index is 0.177. The summed E-state index contributed by atoms with van der Waals surface area (Å²) >= 11 is 5.54. The number of rotatable bonds is 4. The van der Waals surface area contributed by atoms with E-state index in [1.54, 1.807) is 12.1 Å². The van der Waals surface area contributed by atoms with Gasteiger partial charge in [0.05, 0.1) is 16.3 Å². The van der Waals surface area contributed by atoms with Crippen LogP contribution in [0.15, 0.2) is 72.8 Å². The highest BCUT2D eigenvalue weighted by Crippen LogP contribution is 2.26. The van der Waals surface area contributed by atoms with Gasteiger partial charge in [0.15, 0.2) is 0 Å². The summed E-state index contributed by atoms with van der Waals surface area (Å²) in [4.78, 5) is 10.8. The number of para-hydroxylation sites is 2. The summed E-state index contributed by atoms with van der Waals surface area (Å²) in [6.45, 7) is 0.177. The maximum Gasteiger partial charge on any atom is 0.237 e. The van der Waals surface area contributed by atoms with Crippen LogP contribution in [-0.4, -0.2) is 5.05 Å². The lowest BCUT2D eigenvalue weighted by Crippen LogP contribution is -2.31. The molecule has 4 rings (SSSR count). The SMILES string of the molecule is C[n+]1c2ccccc2c(C(=S)OOCc2ccc(F)cc2)c2ccccc21. The first-order chi connectivity index (χ1) is 13.1. The molecule has 5 heteroatoms. The van der Waals surface area contributed by atoms with Crippen LogP contribution in [0.4, 0.5) is 4.39 Å². The van der Waals surface area contributed by atoms with E-state index >= 15 is 0 Å². The Hall–Kier alpha value is -2.89. The third-order valence-electron chi connectivity index (χ3n) is 4.55. The molecule has 1 heterocycles. The molecule has 134 valence electrons. The zero-order chi connectivity index (χ0) is 18.8. The molecule has 0 fully saturated rings. The van der Waals surface area contributed by atoms with Crippen LogP contribution < -0.4 is 4.57 Å². The number of benzene rings is 3. The minimum atomic E-state index is -0.287. The number of hydrogen-bond donors (Lipinski definition) is 0. The van der Waals surface area contributed by atoms with Gasteiger partial charge < -0.3 is 4.89 Å². The molecule has 3 nitrogen and oxygen atoms in total. The monoisotopic (exact) mass is 378 g/mol. The predicted molar refractivity (Wildman–Crippen MR) is 107 cm³/mol. The molecule has 3 aromatic carbocycles. The normalized spacial score (nSPS) is 11.0. The predicted octanol–water partition coefficient (Wildman–Crippen LogP) is 4.78. The van der Waals surface area contributed by atoms with E-state index < -0.39 is 0 Å². The molecule has 0 saturated carbocycles. The lowest BCUT2D eigenvalue weighted by Gasteiger charge is -2.11. The van der Waals surface area contributed by atoms with Gasteiger partial charge in [-0.25, -0.2) is 4.39 Å². The first-order valence-electron chi connectivity index (χ1n) is 8.53. The van der Waals surface area contributed by atoms with Gasteiger partial charge in [-0.05, 0) is 42.0 Å². The lowest BCUT2D eigenvalue weighted by atomic mass is 10.0. The van der Waals surface area contributed by atoms with Gasteiger partial charge in [-0.3, -0.25) is 0 Å². The highest BCUT2D eigenvalue weighted by molar-refractivity contribution is 7.80. The quantitative estimate of drug-likeness (QED) is 0.168. The number of hydrogen-bond acceptors (Lipinski definition) is 3. The zero-order valence-corrected chi connectivity index (χ0v) is 15.5. The second kappa shape index (κ2) is 7.39. The van der Waals surface area contributed by atoms with Crippen LogP contribution in [0.25, 0.3) is 21.8 Å². The summed E-state index contributed by atoms with van der Waals surface area (Å²) in [6, 6.07) is 22.1. The van der Waals surface area contributed by atoms with E-state index in [-0.39, 0.29) is 17.5 Å². The highest BCUT2D eigenvalue weighted by Gasteiger charge is 2.21. The highest BCUT2D eigenvalue weighted by atomic mass is 32.1. The summed E-state index contributed by atoms with van der Waals surface area (Å²) in [5.41, 5.74) is 3.73. The summed E-state index contributed by atoms with van der Waals surface area (Å²) in [6.07, 6.45) is 0. The average molecular weight is 378 g/mol. The molecule has 0 radical (unpaired) electrons. The Kier molecular flexibility index (Phi) is 4.79. The van der Waals surface area contributed by atoms with E-state index in [1.807, 2.05) is 55.6 Å². The molecule has 0 aliphatic carbocycles. The average Bonchev–Trinajstić information content (AvgIpc) is 2.70. The maximum atomic E-state index is 13.0. The van der Waals surface area contributed by atoms with E-state index in [0.29, 0.717) is 0 Å². The zero-order valence-electron chi connectivity index (χ0n) is 14.7. The standard InChI is InChI=1S/C22H17FNO2S/c1-24-19-8-4-2-6-17(19)21(18-7-3-5-9-20(18)24)22(27)26-25-14-15-10-12-16(23)13-11-15/h2-13H,14H2,1H3/q+1. The Balaban J connectivity index is 1.68. The van der Waals surface area contributed by atoms with Gasteiger partial charge in [0.1, 0.15) is 19.5 Å². The number of fused-ring (bicyclic) bond motifs is 2.